The van der Waals surface area contributed by atoms with Crippen LogP contribution in [-0.4, -0.2) is 18.1 Å². The molecule has 1 aliphatic carbocycles. The van der Waals surface area contributed by atoms with Gasteiger partial charge in [0.1, 0.15) is 0 Å². The maximum atomic E-state index is 5.83. The first-order chi connectivity index (χ1) is 5.59. The molecule has 0 radical (unpaired) electrons. The molecule has 0 aromatic rings. The van der Waals surface area contributed by atoms with Gasteiger partial charge in [0.05, 0.1) is 0 Å². The highest BCUT2D eigenvalue weighted by molar-refractivity contribution is 4.94. The minimum atomic E-state index is 0.453. The summed E-state index contributed by atoms with van der Waals surface area (Å²) in [4.78, 5) is 0. The van der Waals surface area contributed by atoms with Crippen LogP contribution in [0.5, 0.6) is 0 Å². The van der Waals surface area contributed by atoms with Crippen molar-refractivity contribution < 1.29 is 0 Å². The number of hydrogen-bond acceptors (Lipinski definition) is 2. The molecule has 2 rings (SSSR count). The highest BCUT2D eigenvalue weighted by atomic mass is 15.4. The Kier molecular flexibility index (Phi) is 1.92. The maximum absolute atomic E-state index is 5.83. The van der Waals surface area contributed by atoms with Gasteiger partial charge in [0.2, 0.25) is 0 Å². The molecule has 70 valence electrons. The van der Waals surface area contributed by atoms with Gasteiger partial charge in [-0.3, -0.25) is 5.84 Å². The molecule has 0 aromatic carbocycles. The Morgan fingerprint density at radius 3 is 2.42 bits per heavy atom. The van der Waals surface area contributed by atoms with Gasteiger partial charge in [-0.05, 0) is 36.5 Å². The summed E-state index contributed by atoms with van der Waals surface area (Å²) in [5, 5.41) is 1.98. The average molecular weight is 168 g/mol. The highest BCUT2D eigenvalue weighted by Crippen LogP contribution is 2.49. The molecule has 1 heterocycles. The van der Waals surface area contributed by atoms with Crippen LogP contribution < -0.4 is 5.84 Å². The third-order valence-electron chi connectivity index (χ3n) is 3.53. The monoisotopic (exact) mass is 168 g/mol. The molecule has 0 aromatic heterocycles. The number of rotatable bonds is 1. The van der Waals surface area contributed by atoms with Crippen LogP contribution in [0.3, 0.4) is 0 Å². The Bertz CT molecular complexity index is 173. The summed E-state index contributed by atoms with van der Waals surface area (Å²) in [6.45, 7) is 6.92. The molecule has 0 spiro atoms. The van der Waals surface area contributed by atoms with Gasteiger partial charge in [-0.25, -0.2) is 5.01 Å². The lowest BCUT2D eigenvalue weighted by Gasteiger charge is -2.43. The van der Waals surface area contributed by atoms with Gasteiger partial charge in [0.25, 0.3) is 0 Å². The van der Waals surface area contributed by atoms with Crippen LogP contribution in [0, 0.1) is 17.3 Å². The number of piperidine rings is 1. The van der Waals surface area contributed by atoms with E-state index in [2.05, 4.69) is 13.8 Å². The van der Waals surface area contributed by atoms with Gasteiger partial charge in [-0.1, -0.05) is 13.8 Å². The van der Waals surface area contributed by atoms with Gasteiger partial charge in [0, 0.05) is 13.1 Å². The van der Waals surface area contributed by atoms with E-state index in [-0.39, 0.29) is 0 Å². The molecular formula is C10H20N2. The molecule has 2 aliphatic rings. The summed E-state index contributed by atoms with van der Waals surface area (Å²) in [6, 6.07) is 0. The fraction of sp³-hybridized carbons (Fsp3) is 1.00. The first-order valence-corrected chi connectivity index (χ1v) is 5.09. The Morgan fingerprint density at radius 2 is 1.92 bits per heavy atom. The normalized spacial score (nSPS) is 36.8. The SMILES string of the molecule is CC1(C)CN(N)CCC1C1CC1. The first-order valence-electron chi connectivity index (χ1n) is 5.09. The van der Waals surface area contributed by atoms with Crippen molar-refractivity contribution in [1.82, 2.24) is 5.01 Å². The third kappa shape index (κ3) is 1.50. The van der Waals surface area contributed by atoms with Crippen molar-refractivity contribution in [2.24, 2.45) is 23.1 Å². The maximum Gasteiger partial charge on any atom is 0.0182 e. The van der Waals surface area contributed by atoms with E-state index >= 15 is 0 Å². The van der Waals surface area contributed by atoms with E-state index in [9.17, 15) is 0 Å². The highest BCUT2D eigenvalue weighted by Gasteiger charge is 2.43. The molecule has 2 heteroatoms. The van der Waals surface area contributed by atoms with Crippen molar-refractivity contribution in [3.05, 3.63) is 0 Å². The predicted octanol–water partition coefficient (Wildman–Crippen LogP) is 1.62. The predicted molar refractivity (Wildman–Crippen MR) is 50.4 cm³/mol. The molecule has 0 bridgehead atoms. The lowest BCUT2D eigenvalue weighted by atomic mass is 9.72. The number of hydrogen-bond donors (Lipinski definition) is 1. The molecule has 2 nitrogen and oxygen atoms in total. The molecule has 1 saturated carbocycles. The van der Waals surface area contributed by atoms with Crippen LogP contribution in [0.4, 0.5) is 0 Å². The minimum Gasteiger partial charge on any atom is -0.269 e. The summed E-state index contributed by atoms with van der Waals surface area (Å²) < 4.78 is 0. The van der Waals surface area contributed by atoms with Crippen molar-refractivity contribution in [2.75, 3.05) is 13.1 Å². The second-order valence-electron chi connectivity index (χ2n) is 5.19. The van der Waals surface area contributed by atoms with Crippen LogP contribution in [0.15, 0.2) is 0 Å². The second kappa shape index (κ2) is 2.71. The number of nitrogens with zero attached hydrogens (tertiary/aromatic N) is 1. The zero-order valence-corrected chi connectivity index (χ0v) is 8.21. The van der Waals surface area contributed by atoms with Crippen LogP contribution in [0.25, 0.3) is 0 Å². The standard InChI is InChI=1S/C10H20N2/c1-10(2)7-12(11)6-5-9(10)8-3-4-8/h8-9H,3-7,11H2,1-2H3. The van der Waals surface area contributed by atoms with E-state index in [0.717, 1.165) is 24.9 Å². The molecule has 1 unspecified atom stereocenters. The van der Waals surface area contributed by atoms with Gasteiger partial charge in [0.15, 0.2) is 0 Å². The first kappa shape index (κ1) is 8.52. The fourth-order valence-electron chi connectivity index (χ4n) is 2.79. The topological polar surface area (TPSA) is 29.3 Å². The Labute approximate surface area is 75.1 Å². The van der Waals surface area contributed by atoms with Crippen molar-refractivity contribution in [1.29, 1.82) is 0 Å². The van der Waals surface area contributed by atoms with Crippen LogP contribution >= 0.6 is 0 Å². The number of hydrazine groups is 1. The van der Waals surface area contributed by atoms with Gasteiger partial charge >= 0.3 is 0 Å². The lowest BCUT2D eigenvalue weighted by molar-refractivity contribution is 0.0430. The van der Waals surface area contributed by atoms with Crippen molar-refractivity contribution in [3.8, 4) is 0 Å². The fourth-order valence-corrected chi connectivity index (χ4v) is 2.79. The Morgan fingerprint density at radius 1 is 1.25 bits per heavy atom. The van der Waals surface area contributed by atoms with E-state index in [0.29, 0.717) is 5.41 Å². The minimum absolute atomic E-state index is 0.453. The Balaban J connectivity index is 2.03. The van der Waals surface area contributed by atoms with Crippen molar-refractivity contribution in [2.45, 2.75) is 33.1 Å². The van der Waals surface area contributed by atoms with Crippen LogP contribution in [0.1, 0.15) is 33.1 Å². The zero-order chi connectivity index (χ0) is 8.77. The van der Waals surface area contributed by atoms with Crippen LogP contribution in [-0.2, 0) is 0 Å². The van der Waals surface area contributed by atoms with E-state index in [4.69, 9.17) is 5.84 Å². The summed E-state index contributed by atoms with van der Waals surface area (Å²) in [7, 11) is 0. The summed E-state index contributed by atoms with van der Waals surface area (Å²) >= 11 is 0. The molecule has 1 aliphatic heterocycles. The third-order valence-corrected chi connectivity index (χ3v) is 3.53. The largest absolute Gasteiger partial charge is 0.269 e. The van der Waals surface area contributed by atoms with Gasteiger partial charge in [-0.15, -0.1) is 0 Å². The molecule has 2 fully saturated rings. The van der Waals surface area contributed by atoms with Crippen LogP contribution in [0.2, 0.25) is 0 Å². The van der Waals surface area contributed by atoms with Crippen molar-refractivity contribution >= 4 is 0 Å². The van der Waals surface area contributed by atoms with E-state index < -0.39 is 0 Å². The molecule has 0 amide bonds. The quantitative estimate of drug-likeness (QED) is 0.603. The molecule has 1 saturated heterocycles. The van der Waals surface area contributed by atoms with E-state index in [1.807, 2.05) is 5.01 Å². The number of nitrogens with two attached hydrogens (primary N) is 1. The summed E-state index contributed by atoms with van der Waals surface area (Å²) in [5.41, 5.74) is 0.453. The summed E-state index contributed by atoms with van der Waals surface area (Å²) in [6.07, 6.45) is 4.26. The average Bonchev–Trinajstić information content (AvgIpc) is 2.67. The molecule has 12 heavy (non-hydrogen) atoms. The van der Waals surface area contributed by atoms with Gasteiger partial charge < -0.3 is 0 Å². The lowest BCUT2D eigenvalue weighted by Crippen LogP contribution is -2.49. The van der Waals surface area contributed by atoms with E-state index in [1.54, 1.807) is 0 Å². The second-order valence-corrected chi connectivity index (χ2v) is 5.19. The molecule has 2 N–H and O–H groups in total. The zero-order valence-electron chi connectivity index (χ0n) is 8.21. The molecule has 1 atom stereocenters. The summed E-state index contributed by atoms with van der Waals surface area (Å²) in [5.74, 6) is 7.80. The van der Waals surface area contributed by atoms with Gasteiger partial charge in [-0.2, -0.15) is 0 Å². The smallest absolute Gasteiger partial charge is 0.0182 e. The van der Waals surface area contributed by atoms with E-state index in [1.165, 1.54) is 19.3 Å². The van der Waals surface area contributed by atoms with Crippen molar-refractivity contribution in [3.63, 3.8) is 0 Å². The molecular weight excluding hydrogens is 148 g/mol. The Hall–Kier alpha value is -0.0800.